The molecule has 6 rings (SSSR count). The number of fused-ring (bicyclic) bond motifs is 3. The lowest BCUT2D eigenvalue weighted by Gasteiger charge is -2.35. The molecule has 0 saturated heterocycles. The van der Waals surface area contributed by atoms with E-state index in [1.54, 1.807) is 12.5 Å². The van der Waals surface area contributed by atoms with Gasteiger partial charge in [0.2, 0.25) is 0 Å². The molecule has 0 aliphatic carbocycles. The highest BCUT2D eigenvalue weighted by Gasteiger charge is 2.29. The first-order valence-corrected chi connectivity index (χ1v) is 11.4. The van der Waals surface area contributed by atoms with Crippen LogP contribution in [0, 0.1) is 0 Å². The second kappa shape index (κ2) is 8.31. The van der Waals surface area contributed by atoms with Gasteiger partial charge in [0, 0.05) is 41.9 Å². The van der Waals surface area contributed by atoms with Crippen molar-refractivity contribution in [1.82, 2.24) is 14.9 Å². The van der Waals surface area contributed by atoms with Crippen LogP contribution in [-0.2, 0) is 22.5 Å². The number of carbonyl (C=O) groups excluding carboxylic acids is 1. The van der Waals surface area contributed by atoms with E-state index in [-0.39, 0.29) is 0 Å². The minimum atomic E-state index is -0.410. The van der Waals surface area contributed by atoms with Gasteiger partial charge in [0.1, 0.15) is 11.3 Å². The van der Waals surface area contributed by atoms with Crippen molar-refractivity contribution in [3.63, 3.8) is 0 Å². The third-order valence-corrected chi connectivity index (χ3v) is 6.74. The Morgan fingerprint density at radius 2 is 2.12 bits per heavy atom. The number of ether oxygens (including phenoxy) is 2. The summed E-state index contributed by atoms with van der Waals surface area (Å²) < 4.78 is 18.3. The van der Waals surface area contributed by atoms with Gasteiger partial charge in [-0.1, -0.05) is 35.6 Å². The Hall–Kier alpha value is -3.75. The van der Waals surface area contributed by atoms with Crippen LogP contribution in [0.3, 0.4) is 0 Å². The molecular formula is C25H19N3O4S. The van der Waals surface area contributed by atoms with Gasteiger partial charge in [0.05, 0.1) is 11.0 Å². The quantitative estimate of drug-likeness (QED) is 0.313. The van der Waals surface area contributed by atoms with E-state index in [2.05, 4.69) is 20.9 Å². The zero-order valence-corrected chi connectivity index (χ0v) is 18.3. The summed E-state index contributed by atoms with van der Waals surface area (Å²) in [5.74, 6) is 0.650. The van der Waals surface area contributed by atoms with Crippen LogP contribution in [-0.4, -0.2) is 27.9 Å². The lowest BCUT2D eigenvalue weighted by molar-refractivity contribution is -0.146. The van der Waals surface area contributed by atoms with Gasteiger partial charge in [-0.2, -0.15) is 4.98 Å². The van der Waals surface area contributed by atoms with E-state index in [1.165, 1.54) is 16.9 Å². The van der Waals surface area contributed by atoms with Crippen molar-refractivity contribution in [3.8, 4) is 10.9 Å². The molecule has 0 saturated carbocycles. The number of furan rings is 1. The molecule has 5 aromatic rings. The van der Waals surface area contributed by atoms with Crippen LogP contribution in [0.2, 0.25) is 0 Å². The highest BCUT2D eigenvalue weighted by atomic mass is 32.1. The number of nitrogens with zero attached hydrogens (tertiary/aromatic N) is 3. The summed E-state index contributed by atoms with van der Waals surface area (Å²) in [4.78, 5) is 22.0. The molecule has 1 aliphatic rings. The van der Waals surface area contributed by atoms with Crippen LogP contribution in [0.15, 0.2) is 71.5 Å². The topological polar surface area (TPSA) is 77.7 Å². The van der Waals surface area contributed by atoms with E-state index in [4.69, 9.17) is 13.9 Å². The molecule has 164 valence electrons. The monoisotopic (exact) mass is 457 g/mol. The first-order chi connectivity index (χ1) is 16.3. The number of pyridine rings is 1. The molecular weight excluding hydrogens is 438 g/mol. The predicted molar refractivity (Wildman–Crippen MR) is 124 cm³/mol. The lowest BCUT2D eigenvalue weighted by atomic mass is 9.97. The second-order valence-electron chi connectivity index (χ2n) is 7.83. The SMILES string of the molecule is O=COC1c2ccccc2CCN1Cc1coc2cc(Oc3nc4ncccc4s3)ccc12. The molecule has 0 radical (unpaired) electrons. The number of aromatic nitrogens is 2. The van der Waals surface area contributed by atoms with Gasteiger partial charge in [0.25, 0.3) is 11.7 Å². The summed E-state index contributed by atoms with van der Waals surface area (Å²) in [7, 11) is 0. The van der Waals surface area contributed by atoms with Crippen LogP contribution in [0.1, 0.15) is 22.9 Å². The zero-order valence-electron chi connectivity index (χ0n) is 17.5. The molecule has 0 fully saturated rings. The molecule has 0 amide bonds. The summed E-state index contributed by atoms with van der Waals surface area (Å²) in [6, 6.07) is 17.7. The van der Waals surface area contributed by atoms with E-state index in [0.717, 1.165) is 39.8 Å². The Labute approximate surface area is 193 Å². The lowest BCUT2D eigenvalue weighted by Crippen LogP contribution is -2.36. The largest absolute Gasteiger partial charge is 0.464 e. The first-order valence-electron chi connectivity index (χ1n) is 10.6. The maximum absolute atomic E-state index is 11.2. The molecule has 0 spiro atoms. The van der Waals surface area contributed by atoms with Gasteiger partial charge in [-0.05, 0) is 36.2 Å². The zero-order chi connectivity index (χ0) is 22.2. The number of hydrogen-bond donors (Lipinski definition) is 0. The van der Waals surface area contributed by atoms with Gasteiger partial charge in [-0.3, -0.25) is 9.69 Å². The van der Waals surface area contributed by atoms with Crippen molar-refractivity contribution in [2.45, 2.75) is 19.2 Å². The average molecular weight is 458 g/mol. The molecule has 8 heteroatoms. The highest BCUT2D eigenvalue weighted by Crippen LogP contribution is 2.35. The fourth-order valence-corrected chi connectivity index (χ4v) is 5.11. The maximum Gasteiger partial charge on any atom is 0.294 e. The highest BCUT2D eigenvalue weighted by molar-refractivity contribution is 7.20. The van der Waals surface area contributed by atoms with Crippen molar-refractivity contribution in [3.05, 3.63) is 83.7 Å². The number of hydrogen-bond acceptors (Lipinski definition) is 8. The van der Waals surface area contributed by atoms with Crippen molar-refractivity contribution < 1.29 is 18.7 Å². The third-order valence-electron chi connectivity index (χ3n) is 5.86. The Kier molecular flexibility index (Phi) is 5.01. The Morgan fingerprint density at radius 1 is 1.18 bits per heavy atom. The summed E-state index contributed by atoms with van der Waals surface area (Å²) in [6.45, 7) is 1.91. The van der Waals surface area contributed by atoms with Crippen molar-refractivity contribution in [2.24, 2.45) is 0 Å². The molecule has 0 bridgehead atoms. The summed E-state index contributed by atoms with van der Waals surface area (Å²) >= 11 is 1.45. The van der Waals surface area contributed by atoms with Crippen molar-refractivity contribution in [2.75, 3.05) is 6.54 Å². The molecule has 1 atom stereocenters. The van der Waals surface area contributed by atoms with E-state index < -0.39 is 6.23 Å². The van der Waals surface area contributed by atoms with Crippen molar-refractivity contribution in [1.29, 1.82) is 0 Å². The Balaban J connectivity index is 1.25. The predicted octanol–water partition coefficient (Wildman–Crippen LogP) is 5.46. The third kappa shape index (κ3) is 3.73. The average Bonchev–Trinajstić information content (AvgIpc) is 3.43. The van der Waals surface area contributed by atoms with E-state index >= 15 is 0 Å². The van der Waals surface area contributed by atoms with Crippen LogP contribution in [0.25, 0.3) is 21.3 Å². The van der Waals surface area contributed by atoms with Crippen LogP contribution < -0.4 is 4.74 Å². The number of rotatable bonds is 6. The molecule has 7 nitrogen and oxygen atoms in total. The van der Waals surface area contributed by atoms with Crippen LogP contribution in [0.5, 0.6) is 10.9 Å². The fraction of sp³-hybridized carbons (Fsp3) is 0.160. The molecule has 4 heterocycles. The first kappa shape index (κ1) is 19.9. The van der Waals surface area contributed by atoms with Gasteiger partial charge in [0.15, 0.2) is 11.9 Å². The minimum Gasteiger partial charge on any atom is -0.464 e. The maximum atomic E-state index is 11.2. The summed E-state index contributed by atoms with van der Waals surface area (Å²) in [6.07, 6.45) is 3.97. The molecule has 1 unspecified atom stereocenters. The van der Waals surface area contributed by atoms with Gasteiger partial charge < -0.3 is 13.9 Å². The summed E-state index contributed by atoms with van der Waals surface area (Å²) in [5.41, 5.74) is 4.68. The fourth-order valence-electron chi connectivity index (χ4n) is 4.32. The van der Waals surface area contributed by atoms with E-state index in [0.29, 0.717) is 29.6 Å². The van der Waals surface area contributed by atoms with Gasteiger partial charge in [-0.15, -0.1) is 0 Å². The second-order valence-corrected chi connectivity index (χ2v) is 8.82. The molecule has 1 aliphatic heterocycles. The van der Waals surface area contributed by atoms with Gasteiger partial charge in [-0.25, -0.2) is 4.98 Å². The van der Waals surface area contributed by atoms with Crippen LogP contribution in [0.4, 0.5) is 0 Å². The van der Waals surface area contributed by atoms with Crippen molar-refractivity contribution >= 4 is 39.1 Å². The van der Waals surface area contributed by atoms with Gasteiger partial charge >= 0.3 is 0 Å². The molecule has 33 heavy (non-hydrogen) atoms. The number of thiazole rings is 1. The van der Waals surface area contributed by atoms with E-state index in [9.17, 15) is 4.79 Å². The summed E-state index contributed by atoms with van der Waals surface area (Å²) in [5, 5.41) is 1.53. The molecule has 3 aromatic heterocycles. The standard InChI is InChI=1S/C25H19N3O4S/c29-15-31-24-20-5-2-1-4-16(20)9-11-28(24)13-17-14-30-21-12-18(7-8-19(17)21)32-25-27-23-22(33-25)6-3-10-26-23/h1-8,10,12,14-15,24H,9,11,13H2. The minimum absolute atomic E-state index is 0.410. The normalized spacial score (nSPS) is 16.1. The smallest absolute Gasteiger partial charge is 0.294 e. The molecule has 0 N–H and O–H groups in total. The molecule has 2 aromatic carbocycles. The number of carbonyl (C=O) groups is 1. The van der Waals surface area contributed by atoms with E-state index in [1.807, 2.05) is 48.5 Å². The Morgan fingerprint density at radius 3 is 3.03 bits per heavy atom. The Bertz CT molecular complexity index is 1430. The van der Waals surface area contributed by atoms with Crippen LogP contribution >= 0.6 is 11.3 Å². The number of benzene rings is 2.